The summed E-state index contributed by atoms with van der Waals surface area (Å²) >= 11 is 5.93. The highest BCUT2D eigenvalue weighted by molar-refractivity contribution is 6.30. The standard InChI is InChI=1S/C24H14ClN3O5/c25-15-7-5-14(6-8-15)24-27-18-13-16(9-10-21(18)33-24)26-23(29)22-12-11-20(32-22)17-3-1-2-4-19(17)28(30)31/h1-13H,(H,26,29). The number of oxazole rings is 1. The van der Waals surface area contributed by atoms with Gasteiger partial charge in [-0.2, -0.15) is 0 Å². The van der Waals surface area contributed by atoms with Crippen molar-refractivity contribution in [3.63, 3.8) is 0 Å². The van der Waals surface area contributed by atoms with Gasteiger partial charge in [0.25, 0.3) is 11.6 Å². The van der Waals surface area contributed by atoms with Crippen LogP contribution < -0.4 is 5.32 Å². The van der Waals surface area contributed by atoms with E-state index >= 15 is 0 Å². The highest BCUT2D eigenvalue weighted by Crippen LogP contribution is 2.31. The molecule has 0 bridgehead atoms. The second kappa shape index (κ2) is 8.25. The van der Waals surface area contributed by atoms with Crippen LogP contribution in [-0.2, 0) is 0 Å². The van der Waals surface area contributed by atoms with Crippen LogP contribution in [0.5, 0.6) is 0 Å². The van der Waals surface area contributed by atoms with Gasteiger partial charge in [0.05, 0.1) is 10.5 Å². The molecule has 8 nitrogen and oxygen atoms in total. The van der Waals surface area contributed by atoms with Gasteiger partial charge in [0.1, 0.15) is 11.3 Å². The van der Waals surface area contributed by atoms with Crippen LogP contribution in [0.4, 0.5) is 11.4 Å². The molecule has 5 rings (SSSR count). The van der Waals surface area contributed by atoms with Crippen molar-refractivity contribution in [3.8, 4) is 22.8 Å². The predicted octanol–water partition coefficient (Wildman–Crippen LogP) is 6.57. The van der Waals surface area contributed by atoms with E-state index in [9.17, 15) is 14.9 Å². The van der Waals surface area contributed by atoms with Gasteiger partial charge in [0.2, 0.25) is 5.89 Å². The first-order valence-electron chi connectivity index (χ1n) is 9.79. The Balaban J connectivity index is 1.37. The van der Waals surface area contributed by atoms with Crippen LogP contribution in [0.15, 0.2) is 87.7 Å². The highest BCUT2D eigenvalue weighted by Gasteiger charge is 2.19. The number of benzene rings is 3. The average Bonchev–Trinajstić information content (AvgIpc) is 3.47. The molecule has 33 heavy (non-hydrogen) atoms. The lowest BCUT2D eigenvalue weighted by atomic mass is 10.1. The number of nitro groups is 1. The topological polar surface area (TPSA) is 111 Å². The Kier molecular flexibility index (Phi) is 5.12. The van der Waals surface area contributed by atoms with E-state index < -0.39 is 10.8 Å². The molecule has 0 aliphatic rings. The third kappa shape index (κ3) is 4.07. The fourth-order valence-electron chi connectivity index (χ4n) is 3.36. The lowest BCUT2D eigenvalue weighted by Crippen LogP contribution is -2.10. The molecule has 5 aromatic rings. The summed E-state index contributed by atoms with van der Waals surface area (Å²) in [6, 6.07) is 21.3. The largest absolute Gasteiger partial charge is 0.451 e. The van der Waals surface area contributed by atoms with Gasteiger partial charge >= 0.3 is 0 Å². The minimum atomic E-state index is -0.499. The summed E-state index contributed by atoms with van der Waals surface area (Å²) in [6.45, 7) is 0. The van der Waals surface area contributed by atoms with Crippen molar-refractivity contribution < 1.29 is 18.6 Å². The third-order valence-electron chi connectivity index (χ3n) is 4.93. The fraction of sp³-hybridized carbons (Fsp3) is 0. The minimum absolute atomic E-state index is 0.0188. The van der Waals surface area contributed by atoms with Crippen molar-refractivity contribution in [3.05, 3.63) is 99.8 Å². The Morgan fingerprint density at radius 2 is 1.76 bits per heavy atom. The molecular formula is C24H14ClN3O5. The smallest absolute Gasteiger partial charge is 0.291 e. The number of nitrogens with one attached hydrogen (secondary N) is 1. The monoisotopic (exact) mass is 459 g/mol. The molecule has 1 amide bonds. The molecule has 3 aromatic carbocycles. The summed E-state index contributed by atoms with van der Waals surface area (Å²) in [5, 5.41) is 14.6. The zero-order valence-corrected chi connectivity index (χ0v) is 17.6. The van der Waals surface area contributed by atoms with Crippen LogP contribution in [0.2, 0.25) is 5.02 Å². The molecule has 1 N–H and O–H groups in total. The molecule has 0 aliphatic heterocycles. The second-order valence-corrected chi connectivity index (χ2v) is 7.54. The molecule has 162 valence electrons. The maximum atomic E-state index is 12.7. The highest BCUT2D eigenvalue weighted by atomic mass is 35.5. The second-order valence-electron chi connectivity index (χ2n) is 7.10. The number of hydrogen-bond acceptors (Lipinski definition) is 6. The number of amides is 1. The lowest BCUT2D eigenvalue weighted by molar-refractivity contribution is -0.384. The SMILES string of the molecule is O=C(Nc1ccc2oc(-c3ccc(Cl)cc3)nc2c1)c1ccc(-c2ccccc2[N+](=O)[O-])o1. The number of furan rings is 1. The fourth-order valence-corrected chi connectivity index (χ4v) is 3.49. The Bertz CT molecular complexity index is 1500. The molecule has 0 fully saturated rings. The zero-order chi connectivity index (χ0) is 22.9. The van der Waals surface area contributed by atoms with Gasteiger partial charge in [-0.25, -0.2) is 4.98 Å². The number of hydrogen-bond donors (Lipinski definition) is 1. The van der Waals surface area contributed by atoms with Gasteiger partial charge in [-0.1, -0.05) is 23.7 Å². The third-order valence-corrected chi connectivity index (χ3v) is 5.18. The van der Waals surface area contributed by atoms with Crippen LogP contribution in [0.25, 0.3) is 33.9 Å². The van der Waals surface area contributed by atoms with Crippen molar-refractivity contribution in [1.29, 1.82) is 0 Å². The van der Waals surface area contributed by atoms with E-state index in [1.165, 1.54) is 18.2 Å². The number of carbonyl (C=O) groups is 1. The van der Waals surface area contributed by atoms with E-state index in [0.29, 0.717) is 33.3 Å². The quantitative estimate of drug-likeness (QED) is 0.235. The van der Waals surface area contributed by atoms with Crippen LogP contribution in [0.1, 0.15) is 10.6 Å². The number of nitro benzene ring substituents is 1. The molecule has 0 spiro atoms. The van der Waals surface area contributed by atoms with E-state index in [2.05, 4.69) is 10.3 Å². The number of halogens is 1. The van der Waals surface area contributed by atoms with Crippen molar-refractivity contribution in [2.75, 3.05) is 5.32 Å². The van der Waals surface area contributed by atoms with Gasteiger partial charge < -0.3 is 14.2 Å². The van der Waals surface area contributed by atoms with Crippen molar-refractivity contribution in [1.82, 2.24) is 4.98 Å². The number of aromatic nitrogens is 1. The molecule has 0 saturated carbocycles. The van der Waals surface area contributed by atoms with Crippen molar-refractivity contribution in [2.45, 2.75) is 0 Å². The molecule has 9 heteroatoms. The van der Waals surface area contributed by atoms with Crippen molar-refractivity contribution in [2.24, 2.45) is 0 Å². The number of anilines is 1. The van der Waals surface area contributed by atoms with Gasteiger partial charge in [-0.05, 0) is 60.7 Å². The van der Waals surface area contributed by atoms with E-state index in [-0.39, 0.29) is 17.2 Å². The Hall–Kier alpha value is -4.43. The van der Waals surface area contributed by atoms with E-state index in [1.54, 1.807) is 60.7 Å². The first-order valence-corrected chi connectivity index (χ1v) is 10.2. The van der Waals surface area contributed by atoms with Crippen LogP contribution in [0.3, 0.4) is 0 Å². The van der Waals surface area contributed by atoms with Crippen LogP contribution >= 0.6 is 11.6 Å². The number of rotatable bonds is 5. The minimum Gasteiger partial charge on any atom is -0.451 e. The number of nitrogens with zero attached hydrogens (tertiary/aromatic N) is 2. The zero-order valence-electron chi connectivity index (χ0n) is 16.8. The van der Waals surface area contributed by atoms with Crippen molar-refractivity contribution >= 4 is 40.0 Å². The number of para-hydroxylation sites is 1. The molecule has 2 aromatic heterocycles. The summed E-state index contributed by atoms with van der Waals surface area (Å²) in [7, 11) is 0. The molecular weight excluding hydrogens is 446 g/mol. The molecule has 0 radical (unpaired) electrons. The number of carbonyl (C=O) groups excluding carboxylic acids is 1. The lowest BCUT2D eigenvalue weighted by Gasteiger charge is -2.03. The number of fused-ring (bicyclic) bond motifs is 1. The van der Waals surface area contributed by atoms with Gasteiger partial charge in [-0.3, -0.25) is 14.9 Å². The average molecular weight is 460 g/mol. The van der Waals surface area contributed by atoms with E-state index in [4.69, 9.17) is 20.4 Å². The first kappa shape index (κ1) is 20.5. The van der Waals surface area contributed by atoms with Crippen LogP contribution in [0, 0.1) is 10.1 Å². The summed E-state index contributed by atoms with van der Waals surface area (Å²) in [6.07, 6.45) is 0. The maximum Gasteiger partial charge on any atom is 0.291 e. The van der Waals surface area contributed by atoms with Gasteiger partial charge in [-0.15, -0.1) is 0 Å². The molecule has 2 heterocycles. The molecule has 0 saturated heterocycles. The summed E-state index contributed by atoms with van der Waals surface area (Å²) < 4.78 is 11.4. The summed E-state index contributed by atoms with van der Waals surface area (Å²) in [5.74, 6) is 0.183. The summed E-state index contributed by atoms with van der Waals surface area (Å²) in [4.78, 5) is 27.9. The maximum absolute atomic E-state index is 12.7. The predicted molar refractivity (Wildman–Crippen MR) is 123 cm³/mol. The Morgan fingerprint density at radius 1 is 0.970 bits per heavy atom. The van der Waals surface area contributed by atoms with E-state index in [0.717, 1.165) is 5.56 Å². The molecule has 0 aliphatic carbocycles. The molecule has 0 unspecified atom stereocenters. The van der Waals surface area contributed by atoms with Crippen LogP contribution in [-0.4, -0.2) is 15.8 Å². The Morgan fingerprint density at radius 3 is 2.55 bits per heavy atom. The van der Waals surface area contributed by atoms with E-state index in [1.807, 2.05) is 0 Å². The molecule has 0 atom stereocenters. The van der Waals surface area contributed by atoms with Gasteiger partial charge in [0, 0.05) is 22.3 Å². The first-order chi connectivity index (χ1) is 16.0. The Labute approximate surface area is 191 Å². The van der Waals surface area contributed by atoms with Gasteiger partial charge in [0.15, 0.2) is 11.3 Å². The summed E-state index contributed by atoms with van der Waals surface area (Å²) in [5.41, 5.74) is 2.59. The normalized spacial score (nSPS) is 10.9.